The van der Waals surface area contributed by atoms with E-state index < -0.39 is 36.8 Å². The number of pyridine rings is 3. The number of hydrogen-bond donors (Lipinski definition) is 4. The minimum absolute atomic E-state index is 0.0224. The Morgan fingerprint density at radius 3 is 2.60 bits per heavy atom. The number of anilines is 2. The van der Waals surface area contributed by atoms with Crippen LogP contribution >= 0.6 is 8.17 Å². The van der Waals surface area contributed by atoms with Crippen LogP contribution in [-0.4, -0.2) is 92.3 Å². The molecule has 1 fully saturated rings. The number of halogens is 2. The van der Waals surface area contributed by atoms with Crippen molar-refractivity contribution in [2.24, 2.45) is 13.0 Å². The van der Waals surface area contributed by atoms with Gasteiger partial charge in [-0.05, 0) is 60.1 Å². The summed E-state index contributed by atoms with van der Waals surface area (Å²) in [5.41, 5.74) is 1.42. The SMILES string of the molecule is CCOC(=O)c1cn(C)c2ncc(-c3cnc4[nH]c5c(NC)cc(F)c(F)c5c4c3N3CC[C@H](CN(C)CO[P+](O)(O)OC(C)(C)C)[C@@H]3C)cc2c1=O. The Bertz CT molecular complexity index is 2270. The van der Waals surface area contributed by atoms with Crippen molar-refractivity contribution >= 4 is 58.5 Å². The Labute approximate surface area is 305 Å². The van der Waals surface area contributed by atoms with Crippen molar-refractivity contribution in [2.75, 3.05) is 50.7 Å². The van der Waals surface area contributed by atoms with Gasteiger partial charge in [-0.15, -0.1) is 9.05 Å². The molecule has 17 heteroatoms. The van der Waals surface area contributed by atoms with Gasteiger partial charge < -0.3 is 24.5 Å². The third-order valence-corrected chi connectivity index (χ3v) is 10.7. The molecule has 0 bridgehead atoms. The first-order valence-electron chi connectivity index (χ1n) is 17.3. The predicted octanol–water partition coefficient (Wildman–Crippen LogP) is 5.72. The molecule has 0 radical (unpaired) electrons. The number of aromatic amines is 1. The molecule has 2 atom stereocenters. The van der Waals surface area contributed by atoms with Crippen molar-refractivity contribution in [3.63, 3.8) is 0 Å². The lowest BCUT2D eigenvalue weighted by Gasteiger charge is -2.31. The van der Waals surface area contributed by atoms with Gasteiger partial charge in [0.1, 0.15) is 22.5 Å². The highest BCUT2D eigenvalue weighted by atomic mass is 31.2. The van der Waals surface area contributed by atoms with E-state index in [0.29, 0.717) is 64.2 Å². The number of carbonyl (C=O) groups excluding carboxylic acids is 1. The van der Waals surface area contributed by atoms with Gasteiger partial charge in [-0.2, -0.15) is 9.79 Å². The summed E-state index contributed by atoms with van der Waals surface area (Å²) in [6.45, 7) is 9.80. The number of nitrogens with one attached hydrogen (secondary N) is 2. The molecule has 1 saturated heterocycles. The molecule has 5 heterocycles. The molecular formula is C36H45F2N7O7P+. The van der Waals surface area contributed by atoms with Crippen LogP contribution in [0.25, 0.3) is 44.1 Å². The number of H-pyrrole nitrogens is 1. The van der Waals surface area contributed by atoms with Crippen LogP contribution in [0.3, 0.4) is 0 Å². The zero-order chi connectivity index (χ0) is 38.6. The van der Waals surface area contributed by atoms with Gasteiger partial charge in [-0.3, -0.25) is 9.69 Å². The summed E-state index contributed by atoms with van der Waals surface area (Å²) >= 11 is 0. The Balaban J connectivity index is 1.47. The van der Waals surface area contributed by atoms with Crippen molar-refractivity contribution in [1.29, 1.82) is 0 Å². The summed E-state index contributed by atoms with van der Waals surface area (Å²) in [5.74, 6) is -2.78. The molecule has 0 unspecified atom stereocenters. The quantitative estimate of drug-likeness (QED) is 0.0736. The zero-order valence-corrected chi connectivity index (χ0v) is 31.8. The lowest BCUT2D eigenvalue weighted by atomic mass is 9.98. The van der Waals surface area contributed by atoms with Crippen molar-refractivity contribution in [2.45, 2.75) is 52.7 Å². The van der Waals surface area contributed by atoms with E-state index in [9.17, 15) is 19.4 Å². The molecule has 5 aromatic rings. The normalized spacial score (nSPS) is 16.8. The van der Waals surface area contributed by atoms with Crippen LogP contribution < -0.4 is 15.6 Å². The first-order valence-corrected chi connectivity index (χ1v) is 18.8. The van der Waals surface area contributed by atoms with Crippen LogP contribution in [0, 0.1) is 17.6 Å². The van der Waals surface area contributed by atoms with Gasteiger partial charge in [0.15, 0.2) is 18.4 Å². The molecule has 0 aliphatic carbocycles. The van der Waals surface area contributed by atoms with E-state index >= 15 is 8.78 Å². The van der Waals surface area contributed by atoms with Crippen LogP contribution in [0.1, 0.15) is 51.4 Å². The number of benzene rings is 1. The van der Waals surface area contributed by atoms with Gasteiger partial charge in [0.25, 0.3) is 0 Å². The molecule has 284 valence electrons. The number of hydrogen-bond acceptors (Lipinski definition) is 12. The van der Waals surface area contributed by atoms with Gasteiger partial charge >= 0.3 is 14.1 Å². The van der Waals surface area contributed by atoms with E-state index in [1.165, 1.54) is 6.20 Å². The Morgan fingerprint density at radius 1 is 1.19 bits per heavy atom. The zero-order valence-electron chi connectivity index (χ0n) is 31.0. The van der Waals surface area contributed by atoms with Crippen molar-refractivity contribution in [3.8, 4) is 11.1 Å². The molecule has 1 aliphatic heterocycles. The number of aromatic nitrogens is 4. The van der Waals surface area contributed by atoms with Gasteiger partial charge in [0, 0.05) is 69.0 Å². The molecule has 14 nitrogen and oxygen atoms in total. The first kappa shape index (κ1) is 38.4. The second kappa shape index (κ2) is 14.5. The molecule has 1 aliphatic rings. The number of rotatable bonds is 11. The molecule has 0 amide bonds. The highest BCUT2D eigenvalue weighted by molar-refractivity contribution is 7.54. The fourth-order valence-corrected chi connectivity index (χ4v) is 8.20. The maximum atomic E-state index is 16.0. The van der Waals surface area contributed by atoms with Crippen LogP contribution in [0.2, 0.25) is 0 Å². The molecule has 0 spiro atoms. The van der Waals surface area contributed by atoms with E-state index in [1.54, 1.807) is 71.9 Å². The average Bonchev–Trinajstić information content (AvgIpc) is 3.66. The van der Waals surface area contributed by atoms with Gasteiger partial charge in [0.05, 0.1) is 39.7 Å². The van der Waals surface area contributed by atoms with E-state index in [4.69, 9.17) is 13.8 Å². The van der Waals surface area contributed by atoms with Gasteiger partial charge in [0.2, 0.25) is 5.43 Å². The summed E-state index contributed by atoms with van der Waals surface area (Å²) in [5, 5.41) is 3.49. The monoisotopic (exact) mass is 756 g/mol. The third kappa shape index (κ3) is 7.44. The van der Waals surface area contributed by atoms with E-state index in [0.717, 1.165) is 6.07 Å². The van der Waals surface area contributed by atoms with Crippen LogP contribution in [0.5, 0.6) is 0 Å². The van der Waals surface area contributed by atoms with Gasteiger partial charge in [-0.25, -0.2) is 23.5 Å². The van der Waals surface area contributed by atoms with Crippen molar-refractivity contribution in [1.82, 2.24) is 24.4 Å². The minimum Gasteiger partial charge on any atom is -0.462 e. The predicted molar refractivity (Wildman–Crippen MR) is 201 cm³/mol. The number of carbonyl (C=O) groups is 1. The Kier molecular flexibility index (Phi) is 10.5. The largest absolute Gasteiger partial charge is 0.571 e. The summed E-state index contributed by atoms with van der Waals surface area (Å²) in [4.78, 5) is 63.4. The summed E-state index contributed by atoms with van der Waals surface area (Å²) in [6.07, 6.45) is 5.30. The maximum Gasteiger partial charge on any atom is 0.571 e. The minimum atomic E-state index is -4.06. The molecular weight excluding hydrogens is 711 g/mol. The molecule has 6 rings (SSSR count). The molecule has 4 aromatic heterocycles. The highest BCUT2D eigenvalue weighted by Crippen LogP contribution is 2.55. The Hall–Kier alpha value is -4.31. The van der Waals surface area contributed by atoms with Crippen LogP contribution in [-0.2, 0) is 20.8 Å². The smallest absolute Gasteiger partial charge is 0.462 e. The topological polar surface area (TPSA) is 167 Å². The average molecular weight is 757 g/mol. The summed E-state index contributed by atoms with van der Waals surface area (Å²) in [6, 6.07) is 2.55. The standard InChI is InChI=1S/C36H45F2N7O7P/c1-9-50-35(47)24-17-44(8)34-22(32(24)46)12-21(14-41-34)23-15-40-33-28(27-29(38)25(37)13-26(39-6)30(27)42-33)31(23)45-11-10-20(19(45)2)16-43(7)18-51-53(48,49)52-36(3,4)5/h12-15,17,19-20,39,48-49H,9-11,16,18H2,1-8H3,(H,40,42)/q+1/t19-,20+/m0/s1. The molecule has 53 heavy (non-hydrogen) atoms. The highest BCUT2D eigenvalue weighted by Gasteiger charge is 2.45. The second-order valence-electron chi connectivity index (χ2n) is 14.4. The molecule has 1 aromatic carbocycles. The van der Waals surface area contributed by atoms with Crippen LogP contribution in [0.4, 0.5) is 20.2 Å². The summed E-state index contributed by atoms with van der Waals surface area (Å²) < 4.78 is 48.5. The maximum absolute atomic E-state index is 16.0. The van der Waals surface area contributed by atoms with Crippen molar-refractivity contribution < 1.29 is 37.1 Å². The van der Waals surface area contributed by atoms with Crippen LogP contribution in [0.15, 0.2) is 35.5 Å². The number of esters is 1. The molecule has 4 N–H and O–H groups in total. The molecule has 0 saturated carbocycles. The second-order valence-corrected chi connectivity index (χ2v) is 15.8. The fraction of sp³-hybridized carbons (Fsp3) is 0.444. The summed E-state index contributed by atoms with van der Waals surface area (Å²) in [7, 11) is 1.02. The lowest BCUT2D eigenvalue weighted by molar-refractivity contribution is 0.0134. The lowest BCUT2D eigenvalue weighted by Crippen LogP contribution is -2.36. The van der Waals surface area contributed by atoms with E-state index in [2.05, 4.69) is 25.2 Å². The number of aryl methyl sites for hydroxylation is 1. The number of nitrogens with zero attached hydrogens (tertiary/aromatic N) is 5. The van der Waals surface area contributed by atoms with Crippen molar-refractivity contribution in [3.05, 3.63) is 58.1 Å². The number of ether oxygens (including phenoxy) is 1. The number of fused-ring (bicyclic) bond motifs is 4. The third-order valence-electron chi connectivity index (χ3n) is 9.44. The fourth-order valence-electron chi connectivity index (χ4n) is 7.09. The Morgan fingerprint density at radius 2 is 1.92 bits per heavy atom. The van der Waals surface area contributed by atoms with E-state index in [1.807, 2.05) is 11.8 Å². The van der Waals surface area contributed by atoms with E-state index in [-0.39, 0.29) is 41.6 Å². The van der Waals surface area contributed by atoms with Gasteiger partial charge in [-0.1, -0.05) is 0 Å². The first-order chi connectivity index (χ1) is 24.9.